The third kappa shape index (κ3) is 7.98. The number of benzene rings is 1. The lowest BCUT2D eigenvalue weighted by Crippen LogP contribution is -2.26. The maximum absolute atomic E-state index is 12.5. The molecule has 0 bridgehead atoms. The number of carbonyl (C=O) groups excluding carboxylic acids is 2. The molecule has 0 aromatic heterocycles. The molecule has 0 aliphatic rings. The summed E-state index contributed by atoms with van der Waals surface area (Å²) in [4.78, 5) is 24.4. The predicted octanol–water partition coefficient (Wildman–Crippen LogP) is 2.88. The van der Waals surface area contributed by atoms with Gasteiger partial charge in [-0.25, -0.2) is 4.79 Å². The van der Waals surface area contributed by atoms with Crippen molar-refractivity contribution in [1.82, 2.24) is 0 Å². The van der Waals surface area contributed by atoms with Gasteiger partial charge in [0.05, 0.1) is 12.0 Å². The van der Waals surface area contributed by atoms with E-state index in [4.69, 9.17) is 20.4 Å². The van der Waals surface area contributed by atoms with Gasteiger partial charge in [0.15, 0.2) is 5.84 Å². The number of carbonyl (C=O) groups is 2. The van der Waals surface area contributed by atoms with Gasteiger partial charge in [-0.1, -0.05) is 5.16 Å². The minimum atomic E-state index is -0.683. The molecule has 4 N–H and O–H groups in total. The molecule has 27 heavy (non-hydrogen) atoms. The number of oxime groups is 1. The van der Waals surface area contributed by atoms with Crippen LogP contribution in [0.3, 0.4) is 0 Å². The second kappa shape index (κ2) is 8.75. The maximum Gasteiger partial charge on any atom is 0.340 e. The van der Waals surface area contributed by atoms with Gasteiger partial charge in [0.2, 0.25) is 0 Å². The van der Waals surface area contributed by atoms with Crippen molar-refractivity contribution in [3.63, 3.8) is 0 Å². The number of nitrogens with one attached hydrogen (secondary N) is 1. The molecular formula is C19H29N3O5. The van der Waals surface area contributed by atoms with Crippen LogP contribution in [-0.2, 0) is 14.3 Å². The van der Waals surface area contributed by atoms with E-state index < -0.39 is 17.2 Å². The van der Waals surface area contributed by atoms with Gasteiger partial charge in [-0.15, -0.1) is 0 Å². The van der Waals surface area contributed by atoms with Crippen LogP contribution >= 0.6 is 0 Å². The first-order chi connectivity index (χ1) is 12.3. The molecule has 0 saturated carbocycles. The number of ether oxygens (including phenoxy) is 2. The average Bonchev–Trinajstić information content (AvgIpc) is 2.50. The van der Waals surface area contributed by atoms with E-state index in [0.717, 1.165) is 0 Å². The Morgan fingerprint density at radius 1 is 1.11 bits per heavy atom. The summed E-state index contributed by atoms with van der Waals surface area (Å²) in [5.74, 6) is -1.03. The number of anilines is 1. The van der Waals surface area contributed by atoms with Crippen molar-refractivity contribution in [1.29, 1.82) is 0 Å². The molecule has 8 nitrogen and oxygen atoms in total. The van der Waals surface area contributed by atoms with Gasteiger partial charge in [-0.05, 0) is 59.7 Å². The van der Waals surface area contributed by atoms with Crippen LogP contribution in [0.25, 0.3) is 0 Å². The van der Waals surface area contributed by atoms with Gasteiger partial charge in [0, 0.05) is 17.8 Å². The van der Waals surface area contributed by atoms with E-state index in [1.54, 1.807) is 53.7 Å². The van der Waals surface area contributed by atoms with E-state index in [0.29, 0.717) is 11.3 Å². The highest BCUT2D eigenvalue weighted by atomic mass is 16.6. The minimum Gasteiger partial charge on any atom is -0.460 e. The summed E-state index contributed by atoms with van der Waals surface area (Å²) in [6.07, 6.45) is 0.132. The monoisotopic (exact) mass is 379 g/mol. The number of hydrogen-bond acceptors (Lipinski definition) is 7. The number of hydrogen-bond donors (Lipinski definition) is 3. The van der Waals surface area contributed by atoms with E-state index in [1.807, 2.05) is 0 Å². The quantitative estimate of drug-likeness (QED) is 0.228. The van der Waals surface area contributed by atoms with Crippen LogP contribution in [0.2, 0.25) is 0 Å². The van der Waals surface area contributed by atoms with Crippen LogP contribution in [0.1, 0.15) is 63.9 Å². The Kier molecular flexibility index (Phi) is 7.21. The van der Waals surface area contributed by atoms with Gasteiger partial charge in [-0.3, -0.25) is 4.79 Å². The summed E-state index contributed by atoms with van der Waals surface area (Å²) in [5.41, 5.74) is 5.43. The number of amidine groups is 1. The smallest absolute Gasteiger partial charge is 0.340 e. The first-order valence-electron chi connectivity index (χ1n) is 8.63. The van der Waals surface area contributed by atoms with Crippen molar-refractivity contribution in [2.24, 2.45) is 10.9 Å². The summed E-state index contributed by atoms with van der Waals surface area (Å²) in [5, 5.41) is 14.8. The lowest BCUT2D eigenvalue weighted by Gasteiger charge is -2.21. The van der Waals surface area contributed by atoms with Crippen molar-refractivity contribution in [2.75, 3.05) is 11.9 Å². The van der Waals surface area contributed by atoms with Crippen LogP contribution in [-0.4, -0.2) is 40.7 Å². The Labute approximate surface area is 159 Å². The lowest BCUT2D eigenvalue weighted by molar-refractivity contribution is -0.154. The third-order valence-corrected chi connectivity index (χ3v) is 3.11. The van der Waals surface area contributed by atoms with Crippen LogP contribution in [0.5, 0.6) is 0 Å². The summed E-state index contributed by atoms with van der Waals surface area (Å²) < 4.78 is 10.7. The zero-order valence-corrected chi connectivity index (χ0v) is 16.8. The van der Waals surface area contributed by atoms with Gasteiger partial charge >= 0.3 is 11.9 Å². The Balaban J connectivity index is 2.97. The molecule has 0 atom stereocenters. The van der Waals surface area contributed by atoms with Crippen LogP contribution in [0.4, 0.5) is 5.69 Å². The summed E-state index contributed by atoms with van der Waals surface area (Å²) in [7, 11) is 0. The molecule has 0 aliphatic heterocycles. The Morgan fingerprint density at radius 2 is 1.70 bits per heavy atom. The molecule has 0 radical (unpaired) electrons. The van der Waals surface area contributed by atoms with Gasteiger partial charge in [0.25, 0.3) is 0 Å². The number of nitrogens with zero attached hydrogens (tertiary/aromatic N) is 1. The average molecular weight is 379 g/mol. The first kappa shape index (κ1) is 22.3. The highest BCUT2D eigenvalue weighted by Gasteiger charge is 2.22. The molecule has 0 heterocycles. The van der Waals surface area contributed by atoms with E-state index in [-0.39, 0.29) is 30.3 Å². The molecule has 0 fully saturated rings. The molecular weight excluding hydrogens is 350 g/mol. The lowest BCUT2D eigenvalue weighted by atomic mass is 10.1. The molecule has 150 valence electrons. The molecule has 0 aliphatic carbocycles. The second-order valence-corrected chi connectivity index (χ2v) is 8.01. The first-order valence-corrected chi connectivity index (χ1v) is 8.63. The van der Waals surface area contributed by atoms with Gasteiger partial charge in [0.1, 0.15) is 11.2 Å². The second-order valence-electron chi connectivity index (χ2n) is 8.01. The summed E-state index contributed by atoms with van der Waals surface area (Å²) in [6, 6.07) is 4.68. The maximum atomic E-state index is 12.5. The molecule has 0 spiro atoms. The molecule has 0 unspecified atom stereocenters. The van der Waals surface area contributed by atoms with Crippen LogP contribution < -0.4 is 11.1 Å². The fraction of sp³-hybridized carbons (Fsp3) is 0.526. The van der Waals surface area contributed by atoms with Crippen LogP contribution in [0.15, 0.2) is 23.4 Å². The fourth-order valence-electron chi connectivity index (χ4n) is 2.11. The van der Waals surface area contributed by atoms with Crippen molar-refractivity contribution < 1.29 is 24.3 Å². The predicted molar refractivity (Wildman–Crippen MR) is 103 cm³/mol. The SMILES string of the molecule is CC(C)(C)OC(=O)CCNc1ccc(/C(N)=N/O)cc1C(=O)OC(C)(C)C. The molecule has 1 rings (SSSR count). The van der Waals surface area contributed by atoms with Crippen molar-refractivity contribution in [3.05, 3.63) is 29.3 Å². The van der Waals surface area contributed by atoms with E-state index in [9.17, 15) is 9.59 Å². The topological polar surface area (TPSA) is 123 Å². The van der Waals surface area contributed by atoms with E-state index >= 15 is 0 Å². The molecule has 1 aromatic rings. The van der Waals surface area contributed by atoms with Crippen molar-refractivity contribution in [2.45, 2.75) is 59.2 Å². The molecule has 8 heteroatoms. The normalized spacial score (nSPS) is 12.4. The highest BCUT2D eigenvalue weighted by molar-refractivity contribution is 6.02. The van der Waals surface area contributed by atoms with E-state index in [2.05, 4.69) is 10.5 Å². The third-order valence-electron chi connectivity index (χ3n) is 3.11. The van der Waals surface area contributed by atoms with E-state index in [1.165, 1.54) is 6.07 Å². The number of rotatable bonds is 6. The summed E-state index contributed by atoms with van der Waals surface area (Å²) in [6.45, 7) is 10.9. The Morgan fingerprint density at radius 3 is 2.22 bits per heavy atom. The molecule has 0 saturated heterocycles. The fourth-order valence-corrected chi connectivity index (χ4v) is 2.11. The number of esters is 2. The zero-order chi connectivity index (χ0) is 20.8. The van der Waals surface area contributed by atoms with Gasteiger partial charge in [-0.2, -0.15) is 0 Å². The Bertz CT molecular complexity index is 715. The standard InChI is InChI=1S/C19H29N3O5/c1-18(2,3)26-15(23)9-10-21-14-8-7-12(16(20)22-25)11-13(14)17(24)27-19(4,5)6/h7-8,11,21,25H,9-10H2,1-6H3,(H2,20,22). The van der Waals surface area contributed by atoms with Crippen molar-refractivity contribution >= 4 is 23.5 Å². The summed E-state index contributed by atoms with van der Waals surface area (Å²) >= 11 is 0. The molecule has 0 amide bonds. The largest absolute Gasteiger partial charge is 0.460 e. The number of nitrogens with two attached hydrogens (primary N) is 1. The van der Waals surface area contributed by atoms with Crippen molar-refractivity contribution in [3.8, 4) is 0 Å². The van der Waals surface area contributed by atoms with Crippen LogP contribution in [0, 0.1) is 0 Å². The highest BCUT2D eigenvalue weighted by Crippen LogP contribution is 2.22. The minimum absolute atomic E-state index is 0.125. The van der Waals surface area contributed by atoms with Gasteiger partial charge < -0.3 is 25.7 Å². The molecule has 1 aromatic carbocycles. The Hall–Kier alpha value is -2.77. The zero-order valence-electron chi connectivity index (χ0n) is 16.8.